The summed E-state index contributed by atoms with van der Waals surface area (Å²) in [7, 11) is 0. The van der Waals surface area contributed by atoms with E-state index < -0.39 is 5.41 Å². The summed E-state index contributed by atoms with van der Waals surface area (Å²) in [6, 6.07) is 61.0. The third kappa shape index (κ3) is 4.61. The fraction of sp³-hybridized carbons (Fsp3) is 0.0909. The van der Waals surface area contributed by atoms with E-state index in [1.165, 1.54) is 44.5 Å². The minimum Gasteiger partial charge on any atom is -0.456 e. The molecule has 0 bridgehead atoms. The van der Waals surface area contributed by atoms with E-state index >= 15 is 0 Å². The number of furan rings is 1. The van der Waals surface area contributed by atoms with Gasteiger partial charge in [0.15, 0.2) is 0 Å². The Kier molecular flexibility index (Phi) is 7.00. The molecule has 0 saturated carbocycles. The van der Waals surface area contributed by atoms with Crippen molar-refractivity contribution in [3.05, 3.63) is 234 Å². The van der Waals surface area contributed by atoms with E-state index in [0.717, 1.165) is 50.1 Å². The van der Waals surface area contributed by atoms with Crippen molar-refractivity contribution in [3.63, 3.8) is 0 Å². The molecule has 1 aliphatic heterocycles. The van der Waals surface area contributed by atoms with Crippen LogP contribution in [-0.4, -0.2) is 24.4 Å². The zero-order chi connectivity index (χ0) is 38.7. The van der Waals surface area contributed by atoms with E-state index in [1.54, 1.807) is 0 Å². The smallest absolute Gasteiger partial charge is 0.135 e. The van der Waals surface area contributed by atoms with Crippen LogP contribution in [0.25, 0.3) is 49.8 Å². The van der Waals surface area contributed by atoms with Gasteiger partial charge in [-0.2, -0.15) is 0 Å². The van der Waals surface area contributed by atoms with Crippen LogP contribution in [0.4, 0.5) is 11.4 Å². The van der Waals surface area contributed by atoms with Crippen LogP contribution in [0.1, 0.15) is 22.3 Å². The third-order valence-corrected chi connectivity index (χ3v) is 13.2. The summed E-state index contributed by atoms with van der Waals surface area (Å²) in [6.45, 7) is 0. The number of hydrogen-bond donors (Lipinski definition) is 0. The van der Waals surface area contributed by atoms with Gasteiger partial charge in [-0.05, 0) is 104 Å². The lowest BCUT2D eigenvalue weighted by molar-refractivity contribution is -0.161. The molecule has 0 amide bonds. The van der Waals surface area contributed by atoms with Crippen LogP contribution in [-0.2, 0) is 14.9 Å². The Morgan fingerprint density at radius 2 is 1.07 bits per heavy atom. The number of fused-ring (bicyclic) bond motifs is 15. The number of hydrogen-bond acceptors (Lipinski definition) is 4. The molecule has 1 spiro atoms. The standard InChI is InChI=1S/C55H37NO3/c1-2-13-36(14-3-1)56(37-28-25-34(26-29-37)35-27-31-49-42(33-35)40-17-7-11-23-48(40)57-49)47-22-12-24-50-53(47)58-51-32-30-46-52(54(51)59-50)41-18-6-10-21-45(41)55(46)43-19-8-4-15-38(43)39-16-5-9-20-44(39)55/h1-33,50-51,53-54H. The van der Waals surface area contributed by atoms with Crippen molar-refractivity contribution in [2.45, 2.75) is 29.8 Å². The molecule has 4 nitrogen and oxygen atoms in total. The highest BCUT2D eigenvalue weighted by Crippen LogP contribution is 2.64. The highest BCUT2D eigenvalue weighted by atomic mass is 16.6. The molecule has 280 valence electrons. The van der Waals surface area contributed by atoms with Gasteiger partial charge in [-0.1, -0.05) is 152 Å². The SMILES string of the molecule is C1=CC2OC3C4=C(C=CC3OC2C(N(c2ccccc2)c2ccc(-c3ccc5oc6ccccc6c5c3)cc2)=C1)C1(c2ccccc24)c2ccccc2-c2ccccc21. The molecule has 1 fully saturated rings. The largest absolute Gasteiger partial charge is 0.456 e. The van der Waals surface area contributed by atoms with Gasteiger partial charge in [0.25, 0.3) is 0 Å². The number of benzene rings is 7. The van der Waals surface area contributed by atoms with Crippen molar-refractivity contribution in [2.75, 3.05) is 4.90 Å². The minimum absolute atomic E-state index is 0.269. The lowest BCUT2D eigenvalue weighted by Crippen LogP contribution is -2.52. The fourth-order valence-corrected chi connectivity index (χ4v) is 10.8. The van der Waals surface area contributed by atoms with Crippen LogP contribution in [0.5, 0.6) is 0 Å². The molecule has 4 unspecified atom stereocenters. The highest BCUT2D eigenvalue weighted by Gasteiger charge is 2.56. The van der Waals surface area contributed by atoms with Crippen molar-refractivity contribution in [1.82, 2.24) is 0 Å². The Bertz CT molecular complexity index is 3100. The molecule has 1 saturated heterocycles. The van der Waals surface area contributed by atoms with E-state index in [2.05, 4.69) is 193 Å². The number of para-hydroxylation sites is 2. The van der Waals surface area contributed by atoms with Gasteiger partial charge in [0.2, 0.25) is 0 Å². The Hall–Kier alpha value is -6.98. The maximum Gasteiger partial charge on any atom is 0.135 e. The van der Waals surface area contributed by atoms with Gasteiger partial charge in [-0.25, -0.2) is 0 Å². The third-order valence-electron chi connectivity index (χ3n) is 13.2. The lowest BCUT2D eigenvalue weighted by Gasteiger charge is -2.46. The number of anilines is 2. The van der Waals surface area contributed by atoms with Gasteiger partial charge < -0.3 is 18.8 Å². The summed E-state index contributed by atoms with van der Waals surface area (Å²) < 4.78 is 20.7. The lowest BCUT2D eigenvalue weighted by atomic mass is 9.69. The summed E-state index contributed by atoms with van der Waals surface area (Å²) in [4.78, 5) is 2.32. The van der Waals surface area contributed by atoms with Crippen LogP contribution in [0.2, 0.25) is 0 Å². The number of ether oxygens (including phenoxy) is 2. The molecule has 4 heteroatoms. The first-order chi connectivity index (χ1) is 29.3. The number of rotatable bonds is 4. The number of allylic oxidation sites excluding steroid dienone is 4. The van der Waals surface area contributed by atoms with Crippen molar-refractivity contribution >= 4 is 38.9 Å². The van der Waals surface area contributed by atoms with Crippen molar-refractivity contribution < 1.29 is 13.9 Å². The predicted octanol–water partition coefficient (Wildman–Crippen LogP) is 12.7. The normalized spacial score (nSPS) is 21.5. The Balaban J connectivity index is 0.872. The van der Waals surface area contributed by atoms with Crippen LogP contribution in [0, 0.1) is 0 Å². The fourth-order valence-electron chi connectivity index (χ4n) is 10.8. The first-order valence-electron chi connectivity index (χ1n) is 20.5. The maximum atomic E-state index is 7.34. The van der Waals surface area contributed by atoms with Crippen LogP contribution in [0.3, 0.4) is 0 Å². The summed E-state index contributed by atoms with van der Waals surface area (Å²) in [5.41, 5.74) is 17.2. The average Bonchev–Trinajstić information content (AvgIpc) is 3.93. The summed E-state index contributed by atoms with van der Waals surface area (Å²) in [5.74, 6) is 0. The molecule has 4 aliphatic carbocycles. The van der Waals surface area contributed by atoms with Crippen LogP contribution < -0.4 is 4.90 Å². The second kappa shape index (κ2) is 12.5. The summed E-state index contributed by atoms with van der Waals surface area (Å²) >= 11 is 0. The monoisotopic (exact) mass is 759 g/mol. The molecule has 0 N–H and O–H groups in total. The van der Waals surface area contributed by atoms with Gasteiger partial charge in [-0.3, -0.25) is 0 Å². The van der Waals surface area contributed by atoms with E-state index in [4.69, 9.17) is 13.9 Å². The van der Waals surface area contributed by atoms with E-state index in [0.29, 0.717) is 0 Å². The molecule has 1 aromatic heterocycles. The highest BCUT2D eigenvalue weighted by molar-refractivity contribution is 6.06. The first kappa shape index (κ1) is 33.0. The second-order valence-electron chi connectivity index (χ2n) is 16.1. The van der Waals surface area contributed by atoms with Gasteiger partial charge in [0.05, 0.1) is 11.1 Å². The molecule has 2 heterocycles. The molecule has 0 radical (unpaired) electrons. The molecule has 7 aromatic carbocycles. The Morgan fingerprint density at radius 3 is 1.85 bits per heavy atom. The molecule has 4 atom stereocenters. The van der Waals surface area contributed by atoms with E-state index in [9.17, 15) is 0 Å². The summed E-state index contributed by atoms with van der Waals surface area (Å²) in [6.07, 6.45) is 9.94. The van der Waals surface area contributed by atoms with Gasteiger partial charge >= 0.3 is 0 Å². The van der Waals surface area contributed by atoms with Crippen molar-refractivity contribution in [1.29, 1.82) is 0 Å². The summed E-state index contributed by atoms with van der Waals surface area (Å²) in [5, 5.41) is 2.26. The molecule has 5 aliphatic rings. The van der Waals surface area contributed by atoms with Crippen LogP contribution in [0.15, 0.2) is 216 Å². The van der Waals surface area contributed by atoms with E-state index in [1.807, 2.05) is 12.1 Å². The second-order valence-corrected chi connectivity index (χ2v) is 16.1. The average molecular weight is 760 g/mol. The quantitative estimate of drug-likeness (QED) is 0.179. The van der Waals surface area contributed by atoms with Gasteiger partial charge in [-0.15, -0.1) is 0 Å². The molecule has 13 rings (SSSR count). The molecule has 59 heavy (non-hydrogen) atoms. The van der Waals surface area contributed by atoms with Crippen molar-refractivity contribution in [3.8, 4) is 22.3 Å². The molecular formula is C55H37NO3. The van der Waals surface area contributed by atoms with Gasteiger partial charge in [0.1, 0.15) is 35.6 Å². The number of nitrogens with zero attached hydrogens (tertiary/aromatic N) is 1. The zero-order valence-corrected chi connectivity index (χ0v) is 32.0. The van der Waals surface area contributed by atoms with E-state index in [-0.39, 0.29) is 24.4 Å². The predicted molar refractivity (Wildman–Crippen MR) is 237 cm³/mol. The Labute approximate surface area is 342 Å². The van der Waals surface area contributed by atoms with Crippen molar-refractivity contribution in [2.24, 2.45) is 0 Å². The van der Waals surface area contributed by atoms with Gasteiger partial charge in [0, 0.05) is 22.1 Å². The minimum atomic E-state index is -0.414. The molecule has 8 aromatic rings. The maximum absolute atomic E-state index is 7.34. The van der Waals surface area contributed by atoms with Crippen LogP contribution >= 0.6 is 0 Å². The topological polar surface area (TPSA) is 34.8 Å². The Morgan fingerprint density at radius 1 is 0.475 bits per heavy atom. The molecular weight excluding hydrogens is 723 g/mol. The first-order valence-corrected chi connectivity index (χ1v) is 20.5. The zero-order valence-electron chi connectivity index (χ0n) is 32.0.